The van der Waals surface area contributed by atoms with Gasteiger partial charge in [-0.1, -0.05) is 30.3 Å². The largest absolute Gasteiger partial charge is 0.493 e. The summed E-state index contributed by atoms with van der Waals surface area (Å²) in [5.41, 5.74) is 0.519. The Kier molecular flexibility index (Phi) is 14.6. The van der Waals surface area contributed by atoms with Gasteiger partial charge in [-0.3, -0.25) is 24.0 Å². The van der Waals surface area contributed by atoms with Crippen molar-refractivity contribution in [2.75, 3.05) is 53.7 Å². The molecule has 0 saturated heterocycles. The van der Waals surface area contributed by atoms with Gasteiger partial charge in [0.25, 0.3) is 5.91 Å². The fourth-order valence-corrected chi connectivity index (χ4v) is 7.57. The summed E-state index contributed by atoms with van der Waals surface area (Å²) in [7, 11) is 3.19. The van der Waals surface area contributed by atoms with E-state index in [0.717, 1.165) is 20.2 Å². The van der Waals surface area contributed by atoms with Gasteiger partial charge in [-0.05, 0) is 48.9 Å². The monoisotopic (exact) mass is 789 g/mol. The molecule has 0 aliphatic carbocycles. The maximum absolute atomic E-state index is 13.1. The van der Waals surface area contributed by atoms with Crippen LogP contribution >= 0.6 is 22.7 Å². The highest BCUT2D eigenvalue weighted by Crippen LogP contribution is 2.39. The molecule has 290 valence electrons. The molecular formula is C41H43NO11S2. The van der Waals surface area contributed by atoms with E-state index in [2.05, 4.69) is 0 Å². The molecule has 0 bridgehead atoms. The van der Waals surface area contributed by atoms with E-state index in [9.17, 15) is 24.0 Å². The molecule has 12 nitrogen and oxygen atoms in total. The number of methoxy groups -OCH3 is 1. The molecule has 0 aliphatic rings. The highest BCUT2D eigenvalue weighted by molar-refractivity contribution is 7.21. The minimum absolute atomic E-state index is 0.00156. The standard InChI is InChI=1S/C41H43NO11S2/c1-5-49-39(45)14-13-29(43)37-21-27-20-33(53-25-30(44)26-11-8-7-9-12-26)34(24-36(27)54-37)52-18-10-17-51-32-19-28-22-38(55-35(28)23-31(32)48-4)41(47)42(3)16-15-40(46)50-6-2/h7-9,11-12,19-24H,5-6,10,13-18,25H2,1-4H3. The van der Waals surface area contributed by atoms with Crippen LogP contribution < -0.4 is 18.9 Å². The molecule has 55 heavy (non-hydrogen) atoms. The topological polar surface area (TPSA) is 144 Å². The fraction of sp³-hybridized carbons (Fsp3) is 0.341. The van der Waals surface area contributed by atoms with Crippen LogP contribution in [0.25, 0.3) is 20.2 Å². The smallest absolute Gasteiger partial charge is 0.307 e. The van der Waals surface area contributed by atoms with Gasteiger partial charge >= 0.3 is 11.9 Å². The molecular weight excluding hydrogens is 747 g/mol. The van der Waals surface area contributed by atoms with Crippen molar-refractivity contribution in [1.29, 1.82) is 0 Å². The third kappa shape index (κ3) is 11.0. The first kappa shape index (κ1) is 40.7. The predicted octanol–water partition coefficient (Wildman–Crippen LogP) is 7.79. The number of esters is 2. The van der Waals surface area contributed by atoms with Crippen molar-refractivity contribution in [2.24, 2.45) is 0 Å². The molecule has 5 rings (SSSR count). The summed E-state index contributed by atoms with van der Waals surface area (Å²) >= 11 is 2.61. The van der Waals surface area contributed by atoms with Gasteiger partial charge in [0, 0.05) is 53.5 Å². The Morgan fingerprint density at radius 2 is 1.20 bits per heavy atom. The fourth-order valence-electron chi connectivity index (χ4n) is 5.46. The summed E-state index contributed by atoms with van der Waals surface area (Å²) in [5, 5.41) is 1.56. The number of ether oxygens (including phenoxy) is 6. The third-order valence-corrected chi connectivity index (χ3v) is 10.5. The highest BCUT2D eigenvalue weighted by Gasteiger charge is 2.20. The van der Waals surface area contributed by atoms with Crippen molar-refractivity contribution in [2.45, 2.75) is 39.5 Å². The average Bonchev–Trinajstić information content (AvgIpc) is 3.81. The second kappa shape index (κ2) is 19.7. The van der Waals surface area contributed by atoms with Crippen LogP contribution in [0.5, 0.6) is 23.0 Å². The van der Waals surface area contributed by atoms with Gasteiger partial charge in [0.15, 0.2) is 41.2 Å². The maximum atomic E-state index is 13.1. The zero-order valence-corrected chi connectivity index (χ0v) is 32.8. The van der Waals surface area contributed by atoms with Gasteiger partial charge in [0.05, 0.1) is 56.1 Å². The van der Waals surface area contributed by atoms with Crippen LogP contribution in [0.2, 0.25) is 0 Å². The van der Waals surface area contributed by atoms with Gasteiger partial charge in [-0.25, -0.2) is 0 Å². The number of carbonyl (C=O) groups is 5. The molecule has 0 saturated carbocycles. The van der Waals surface area contributed by atoms with E-state index in [4.69, 9.17) is 28.4 Å². The zero-order valence-electron chi connectivity index (χ0n) is 31.2. The SMILES string of the molecule is CCOC(=O)CCC(=O)c1cc2cc(OCC(=O)c3ccccc3)c(OCCCOc3cc4cc(C(=O)N(C)CCC(=O)OCC)sc4cc3OC)cc2s1. The number of rotatable bonds is 21. The first-order valence-corrected chi connectivity index (χ1v) is 19.5. The van der Waals surface area contributed by atoms with Crippen LogP contribution in [0, 0.1) is 0 Å². The minimum atomic E-state index is -0.421. The van der Waals surface area contributed by atoms with Crippen molar-refractivity contribution in [1.82, 2.24) is 4.90 Å². The highest BCUT2D eigenvalue weighted by atomic mass is 32.1. The number of thiophene rings is 2. The number of fused-ring (bicyclic) bond motifs is 2. The molecule has 14 heteroatoms. The van der Waals surface area contributed by atoms with E-state index in [0.29, 0.717) is 51.3 Å². The van der Waals surface area contributed by atoms with Gasteiger partial charge < -0.3 is 33.3 Å². The minimum Gasteiger partial charge on any atom is -0.493 e. The lowest BCUT2D eigenvalue weighted by atomic mass is 10.1. The first-order valence-electron chi connectivity index (χ1n) is 17.9. The summed E-state index contributed by atoms with van der Waals surface area (Å²) < 4.78 is 35.4. The average molecular weight is 790 g/mol. The summed E-state index contributed by atoms with van der Waals surface area (Å²) in [4.78, 5) is 64.9. The van der Waals surface area contributed by atoms with E-state index >= 15 is 0 Å². The Balaban J connectivity index is 1.24. The van der Waals surface area contributed by atoms with Crippen LogP contribution in [0.3, 0.4) is 0 Å². The normalized spacial score (nSPS) is 10.9. The van der Waals surface area contributed by atoms with E-state index in [-0.39, 0.29) is 75.7 Å². The molecule has 2 aromatic heterocycles. The quantitative estimate of drug-likeness (QED) is 0.0408. The van der Waals surface area contributed by atoms with E-state index in [1.165, 1.54) is 27.6 Å². The number of hydrogen-bond acceptors (Lipinski definition) is 13. The molecule has 3 aromatic carbocycles. The molecule has 0 atom stereocenters. The van der Waals surface area contributed by atoms with Gasteiger partial charge in [-0.15, -0.1) is 22.7 Å². The molecule has 0 N–H and O–H groups in total. The van der Waals surface area contributed by atoms with E-state index in [1.54, 1.807) is 76.5 Å². The molecule has 0 spiro atoms. The zero-order chi connectivity index (χ0) is 39.3. The third-order valence-electron chi connectivity index (χ3n) is 8.29. The van der Waals surface area contributed by atoms with Gasteiger partial charge in [0.1, 0.15) is 0 Å². The second-order valence-corrected chi connectivity index (χ2v) is 14.4. The first-order chi connectivity index (χ1) is 26.6. The van der Waals surface area contributed by atoms with Gasteiger partial charge in [0.2, 0.25) is 0 Å². The molecule has 0 unspecified atom stereocenters. The molecule has 0 fully saturated rings. The Morgan fingerprint density at radius 1 is 0.636 bits per heavy atom. The van der Waals surface area contributed by atoms with Crippen molar-refractivity contribution < 1.29 is 52.4 Å². The van der Waals surface area contributed by atoms with Crippen molar-refractivity contribution >= 4 is 72.3 Å². The summed E-state index contributed by atoms with van der Waals surface area (Å²) in [5.74, 6) is 0.428. The number of carbonyl (C=O) groups excluding carboxylic acids is 5. The number of hydrogen-bond donors (Lipinski definition) is 0. The summed E-state index contributed by atoms with van der Waals surface area (Å²) in [6.07, 6.45) is 0.618. The molecule has 0 aliphatic heterocycles. The Bertz CT molecular complexity index is 2140. The molecule has 1 amide bonds. The Labute approximate surface area is 326 Å². The van der Waals surface area contributed by atoms with Crippen LogP contribution in [0.15, 0.2) is 66.7 Å². The lowest BCUT2D eigenvalue weighted by Gasteiger charge is -2.15. The second-order valence-electron chi connectivity index (χ2n) is 12.2. The number of benzene rings is 3. The lowest BCUT2D eigenvalue weighted by Crippen LogP contribution is -2.28. The molecule has 5 aromatic rings. The molecule has 2 heterocycles. The lowest BCUT2D eigenvalue weighted by molar-refractivity contribution is -0.144. The Hall–Kier alpha value is -5.47. The van der Waals surface area contributed by atoms with Crippen LogP contribution in [-0.2, 0) is 19.1 Å². The van der Waals surface area contributed by atoms with E-state index < -0.39 is 5.97 Å². The van der Waals surface area contributed by atoms with Crippen LogP contribution in [-0.4, -0.2) is 88.0 Å². The number of Topliss-reactive ketones (excluding diaryl/α,β-unsaturated/α-hetero) is 2. The van der Waals surface area contributed by atoms with Crippen molar-refractivity contribution in [3.05, 3.63) is 82.0 Å². The van der Waals surface area contributed by atoms with Crippen LogP contribution in [0.4, 0.5) is 0 Å². The van der Waals surface area contributed by atoms with Crippen molar-refractivity contribution in [3.8, 4) is 23.0 Å². The van der Waals surface area contributed by atoms with E-state index in [1.807, 2.05) is 18.2 Å². The number of amides is 1. The maximum Gasteiger partial charge on any atom is 0.307 e. The summed E-state index contributed by atoms with van der Waals surface area (Å²) in [6.45, 7) is 4.54. The Morgan fingerprint density at radius 3 is 1.84 bits per heavy atom. The van der Waals surface area contributed by atoms with Crippen molar-refractivity contribution in [3.63, 3.8) is 0 Å². The van der Waals surface area contributed by atoms with Crippen LogP contribution in [0.1, 0.15) is 69.2 Å². The number of nitrogens with zero attached hydrogens (tertiary/aromatic N) is 1. The van der Waals surface area contributed by atoms with Gasteiger partial charge in [-0.2, -0.15) is 0 Å². The summed E-state index contributed by atoms with van der Waals surface area (Å²) in [6, 6.07) is 19.6. The number of ketones is 2. The molecule has 0 radical (unpaired) electrons. The predicted molar refractivity (Wildman–Crippen MR) is 210 cm³/mol.